The highest BCUT2D eigenvalue weighted by Gasteiger charge is 2.32. The molecule has 1 aromatic carbocycles. The van der Waals surface area contributed by atoms with E-state index in [9.17, 15) is 18.3 Å². The quantitative estimate of drug-likeness (QED) is 0.799. The summed E-state index contributed by atoms with van der Waals surface area (Å²) in [5.74, 6) is -0.117. The van der Waals surface area contributed by atoms with Crippen molar-refractivity contribution in [3.63, 3.8) is 0 Å². The number of hydrogen-bond donors (Lipinski definition) is 1. The number of nitrogens with zero attached hydrogens (tertiary/aromatic N) is 2. The maximum Gasteiger partial charge on any atom is 0.419 e. The van der Waals surface area contributed by atoms with Gasteiger partial charge in [-0.2, -0.15) is 18.3 Å². The van der Waals surface area contributed by atoms with Crippen LogP contribution in [-0.2, 0) is 6.18 Å². The molecule has 1 N–H and O–H groups in total. The lowest BCUT2D eigenvalue weighted by molar-refractivity contribution is -0.137. The number of aromatic nitrogens is 2. The van der Waals surface area contributed by atoms with E-state index in [0.29, 0.717) is 3.57 Å². The SMILES string of the molecule is Oc1cccc(I)c1-n1cc(C(F)(F)F)cn1. The number of rotatable bonds is 1. The lowest BCUT2D eigenvalue weighted by Gasteiger charge is -2.06. The second-order valence-corrected chi connectivity index (χ2v) is 4.44. The first-order valence-corrected chi connectivity index (χ1v) is 5.57. The van der Waals surface area contributed by atoms with Crippen molar-refractivity contribution in [2.45, 2.75) is 6.18 Å². The minimum atomic E-state index is -4.44. The Morgan fingerprint density at radius 3 is 2.53 bits per heavy atom. The Morgan fingerprint density at radius 2 is 2.00 bits per heavy atom. The molecule has 17 heavy (non-hydrogen) atoms. The maximum atomic E-state index is 12.4. The Kier molecular flexibility index (Phi) is 3.02. The maximum absolute atomic E-state index is 12.4. The highest BCUT2D eigenvalue weighted by molar-refractivity contribution is 14.1. The van der Waals surface area contributed by atoms with Crippen molar-refractivity contribution in [3.8, 4) is 11.4 Å². The molecule has 0 saturated carbocycles. The normalized spacial score (nSPS) is 11.8. The van der Waals surface area contributed by atoms with Gasteiger partial charge in [0.05, 0.1) is 11.8 Å². The number of para-hydroxylation sites is 1. The first kappa shape index (κ1) is 12.2. The van der Waals surface area contributed by atoms with Crippen LogP contribution in [0.15, 0.2) is 30.6 Å². The van der Waals surface area contributed by atoms with E-state index >= 15 is 0 Å². The van der Waals surface area contributed by atoms with Crippen molar-refractivity contribution in [2.75, 3.05) is 0 Å². The van der Waals surface area contributed by atoms with Crippen LogP contribution in [0, 0.1) is 3.57 Å². The highest BCUT2D eigenvalue weighted by Crippen LogP contribution is 2.31. The summed E-state index contributed by atoms with van der Waals surface area (Å²) in [6, 6.07) is 4.67. The van der Waals surface area contributed by atoms with E-state index in [1.807, 2.05) is 22.6 Å². The molecule has 0 saturated heterocycles. The van der Waals surface area contributed by atoms with Gasteiger partial charge in [-0.3, -0.25) is 0 Å². The summed E-state index contributed by atoms with van der Waals surface area (Å²) in [4.78, 5) is 0. The molecule has 0 unspecified atom stereocenters. The highest BCUT2D eigenvalue weighted by atomic mass is 127. The topological polar surface area (TPSA) is 38.0 Å². The molecule has 0 aliphatic carbocycles. The molecule has 7 heteroatoms. The Bertz CT molecular complexity index is 530. The second kappa shape index (κ2) is 4.21. The van der Waals surface area contributed by atoms with E-state index in [-0.39, 0.29) is 11.4 Å². The molecule has 2 rings (SSSR count). The molecular formula is C10H6F3IN2O. The molecule has 0 radical (unpaired) electrons. The third-order valence-electron chi connectivity index (χ3n) is 2.10. The molecule has 2 aromatic rings. The zero-order valence-electron chi connectivity index (χ0n) is 8.24. The monoisotopic (exact) mass is 354 g/mol. The van der Waals surface area contributed by atoms with Gasteiger partial charge in [0.15, 0.2) is 0 Å². The summed E-state index contributed by atoms with van der Waals surface area (Å²) in [6.45, 7) is 0. The number of benzene rings is 1. The minimum Gasteiger partial charge on any atom is -0.506 e. The van der Waals surface area contributed by atoms with Crippen molar-refractivity contribution in [3.05, 3.63) is 39.7 Å². The van der Waals surface area contributed by atoms with Crippen molar-refractivity contribution >= 4 is 22.6 Å². The van der Waals surface area contributed by atoms with Crippen LogP contribution in [0.4, 0.5) is 13.2 Å². The standard InChI is InChI=1S/C10H6F3IN2O/c11-10(12,13)6-4-15-16(5-6)9-7(14)2-1-3-8(9)17/h1-5,17H. The van der Waals surface area contributed by atoms with Crippen LogP contribution in [-0.4, -0.2) is 14.9 Å². The van der Waals surface area contributed by atoms with Gasteiger partial charge in [-0.25, -0.2) is 4.68 Å². The van der Waals surface area contributed by atoms with E-state index < -0.39 is 11.7 Å². The zero-order valence-corrected chi connectivity index (χ0v) is 10.4. The molecule has 0 fully saturated rings. The fraction of sp³-hybridized carbons (Fsp3) is 0.100. The lowest BCUT2D eigenvalue weighted by atomic mass is 10.3. The molecule has 0 atom stereocenters. The molecule has 3 nitrogen and oxygen atoms in total. The number of hydrogen-bond acceptors (Lipinski definition) is 2. The van der Waals surface area contributed by atoms with Crippen LogP contribution in [0.5, 0.6) is 5.75 Å². The van der Waals surface area contributed by atoms with E-state index in [0.717, 1.165) is 17.1 Å². The second-order valence-electron chi connectivity index (χ2n) is 3.28. The van der Waals surface area contributed by atoms with E-state index in [4.69, 9.17) is 0 Å². The fourth-order valence-corrected chi connectivity index (χ4v) is 2.05. The predicted molar refractivity (Wildman–Crippen MR) is 62.9 cm³/mol. The van der Waals surface area contributed by atoms with Crippen LogP contribution >= 0.6 is 22.6 Å². The molecular weight excluding hydrogens is 348 g/mol. The molecule has 90 valence electrons. The molecule has 1 aromatic heterocycles. The largest absolute Gasteiger partial charge is 0.506 e. The van der Waals surface area contributed by atoms with Crippen LogP contribution in [0.3, 0.4) is 0 Å². The number of aromatic hydroxyl groups is 1. The van der Waals surface area contributed by atoms with E-state index in [2.05, 4.69) is 5.10 Å². The van der Waals surface area contributed by atoms with Crippen molar-refractivity contribution in [1.29, 1.82) is 0 Å². The van der Waals surface area contributed by atoms with Gasteiger partial charge in [0.2, 0.25) is 0 Å². The molecule has 0 aliphatic rings. The van der Waals surface area contributed by atoms with Crippen LogP contribution in [0.25, 0.3) is 5.69 Å². The van der Waals surface area contributed by atoms with Gasteiger partial charge in [0, 0.05) is 9.77 Å². The van der Waals surface area contributed by atoms with Crippen LogP contribution in [0.1, 0.15) is 5.56 Å². The van der Waals surface area contributed by atoms with Gasteiger partial charge in [-0.05, 0) is 34.7 Å². The Labute approximate surface area is 108 Å². The van der Waals surface area contributed by atoms with Gasteiger partial charge >= 0.3 is 6.18 Å². The van der Waals surface area contributed by atoms with Gasteiger partial charge in [-0.15, -0.1) is 0 Å². The van der Waals surface area contributed by atoms with Crippen molar-refractivity contribution in [1.82, 2.24) is 9.78 Å². The summed E-state index contributed by atoms with van der Waals surface area (Å²) in [5.41, 5.74) is -0.611. The molecule has 0 spiro atoms. The van der Waals surface area contributed by atoms with Gasteiger partial charge in [0.25, 0.3) is 0 Å². The minimum absolute atomic E-state index is 0.117. The van der Waals surface area contributed by atoms with E-state index in [1.54, 1.807) is 12.1 Å². The average molecular weight is 354 g/mol. The Balaban J connectivity index is 2.51. The van der Waals surface area contributed by atoms with Crippen molar-refractivity contribution in [2.24, 2.45) is 0 Å². The Hall–Kier alpha value is -1.25. The summed E-state index contributed by atoms with van der Waals surface area (Å²) < 4.78 is 38.8. The first-order chi connectivity index (χ1) is 7.89. The third kappa shape index (κ3) is 2.38. The van der Waals surface area contributed by atoms with E-state index in [1.165, 1.54) is 6.07 Å². The predicted octanol–water partition coefficient (Wildman–Crippen LogP) is 3.20. The van der Waals surface area contributed by atoms with Gasteiger partial charge in [0.1, 0.15) is 11.4 Å². The summed E-state index contributed by atoms with van der Waals surface area (Å²) >= 11 is 1.92. The fourth-order valence-electron chi connectivity index (χ4n) is 1.32. The van der Waals surface area contributed by atoms with Crippen LogP contribution < -0.4 is 0 Å². The van der Waals surface area contributed by atoms with Gasteiger partial charge in [-0.1, -0.05) is 6.07 Å². The molecule has 0 amide bonds. The summed E-state index contributed by atoms with van der Waals surface area (Å²) in [6.07, 6.45) is -2.87. The number of phenolic OH excluding ortho intramolecular Hbond substituents is 1. The smallest absolute Gasteiger partial charge is 0.419 e. The molecule has 0 bridgehead atoms. The van der Waals surface area contributed by atoms with Gasteiger partial charge < -0.3 is 5.11 Å². The molecule has 1 heterocycles. The summed E-state index contributed by atoms with van der Waals surface area (Å²) in [7, 11) is 0. The number of halogens is 4. The van der Waals surface area contributed by atoms with Crippen molar-refractivity contribution < 1.29 is 18.3 Å². The number of phenols is 1. The Morgan fingerprint density at radius 1 is 1.29 bits per heavy atom. The number of alkyl halides is 3. The lowest BCUT2D eigenvalue weighted by Crippen LogP contribution is -2.03. The summed E-state index contributed by atoms with van der Waals surface area (Å²) in [5, 5.41) is 13.2. The molecule has 0 aliphatic heterocycles. The third-order valence-corrected chi connectivity index (χ3v) is 2.97. The first-order valence-electron chi connectivity index (χ1n) is 4.49. The average Bonchev–Trinajstić information content (AvgIpc) is 2.65. The zero-order chi connectivity index (χ0) is 12.6. The van der Waals surface area contributed by atoms with Crippen LogP contribution in [0.2, 0.25) is 0 Å².